The first-order valence-corrected chi connectivity index (χ1v) is 5.13. The SMILES string of the molecule is CCCSCc1nccc(N)n1. The van der Waals surface area contributed by atoms with Crippen molar-refractivity contribution in [3.63, 3.8) is 0 Å². The van der Waals surface area contributed by atoms with Gasteiger partial charge >= 0.3 is 0 Å². The molecule has 0 unspecified atom stereocenters. The Bertz CT molecular complexity index is 239. The highest BCUT2D eigenvalue weighted by Gasteiger charge is 1.95. The molecule has 1 heterocycles. The summed E-state index contributed by atoms with van der Waals surface area (Å²) in [7, 11) is 0. The summed E-state index contributed by atoms with van der Waals surface area (Å²) in [6.45, 7) is 2.16. The van der Waals surface area contributed by atoms with Crippen LogP contribution < -0.4 is 5.73 Å². The summed E-state index contributed by atoms with van der Waals surface area (Å²) in [4.78, 5) is 8.19. The first-order chi connectivity index (χ1) is 5.83. The van der Waals surface area contributed by atoms with Crippen LogP contribution in [0.2, 0.25) is 0 Å². The fourth-order valence-corrected chi connectivity index (χ4v) is 1.55. The van der Waals surface area contributed by atoms with Crippen LogP contribution >= 0.6 is 11.8 Å². The van der Waals surface area contributed by atoms with Crippen molar-refractivity contribution in [2.45, 2.75) is 19.1 Å². The standard InChI is InChI=1S/C8H13N3S/c1-2-5-12-6-8-10-4-3-7(9)11-8/h3-4H,2,5-6H2,1H3,(H2,9,10,11). The third kappa shape index (κ3) is 3.09. The van der Waals surface area contributed by atoms with Crippen LogP contribution in [0.25, 0.3) is 0 Å². The van der Waals surface area contributed by atoms with Crippen molar-refractivity contribution in [2.24, 2.45) is 0 Å². The average Bonchev–Trinajstić information content (AvgIpc) is 2.05. The molecule has 0 radical (unpaired) electrons. The minimum Gasteiger partial charge on any atom is -0.384 e. The summed E-state index contributed by atoms with van der Waals surface area (Å²) >= 11 is 1.83. The molecule has 4 heteroatoms. The molecule has 0 aliphatic carbocycles. The molecule has 0 spiro atoms. The molecule has 0 saturated heterocycles. The molecule has 1 aromatic rings. The topological polar surface area (TPSA) is 51.8 Å². The van der Waals surface area contributed by atoms with Crippen molar-refractivity contribution in [2.75, 3.05) is 11.5 Å². The Morgan fingerprint density at radius 1 is 1.58 bits per heavy atom. The second kappa shape index (κ2) is 4.98. The molecule has 0 aliphatic heterocycles. The van der Waals surface area contributed by atoms with Crippen molar-refractivity contribution in [1.82, 2.24) is 9.97 Å². The van der Waals surface area contributed by atoms with Gasteiger partial charge in [-0.2, -0.15) is 11.8 Å². The van der Waals surface area contributed by atoms with E-state index in [1.54, 1.807) is 12.3 Å². The summed E-state index contributed by atoms with van der Waals surface area (Å²) in [6, 6.07) is 1.70. The van der Waals surface area contributed by atoms with Crippen molar-refractivity contribution >= 4 is 17.6 Å². The van der Waals surface area contributed by atoms with E-state index >= 15 is 0 Å². The molecule has 0 saturated carbocycles. The maximum absolute atomic E-state index is 5.50. The third-order valence-corrected chi connectivity index (χ3v) is 2.47. The van der Waals surface area contributed by atoms with E-state index in [4.69, 9.17) is 5.73 Å². The van der Waals surface area contributed by atoms with Gasteiger partial charge in [-0.25, -0.2) is 9.97 Å². The number of nitrogens with zero attached hydrogens (tertiary/aromatic N) is 2. The van der Waals surface area contributed by atoms with Gasteiger partial charge in [0.1, 0.15) is 11.6 Å². The van der Waals surface area contributed by atoms with Gasteiger partial charge in [0.15, 0.2) is 0 Å². The van der Waals surface area contributed by atoms with E-state index in [2.05, 4.69) is 16.9 Å². The highest BCUT2D eigenvalue weighted by Crippen LogP contribution is 2.09. The van der Waals surface area contributed by atoms with Gasteiger partial charge in [0.05, 0.1) is 5.75 Å². The number of nitrogens with two attached hydrogens (primary N) is 1. The fraction of sp³-hybridized carbons (Fsp3) is 0.500. The van der Waals surface area contributed by atoms with Gasteiger partial charge in [-0.05, 0) is 18.2 Å². The zero-order valence-electron chi connectivity index (χ0n) is 7.16. The molecule has 0 amide bonds. The summed E-state index contributed by atoms with van der Waals surface area (Å²) in [5.41, 5.74) is 5.50. The Morgan fingerprint density at radius 2 is 2.42 bits per heavy atom. The van der Waals surface area contributed by atoms with Gasteiger partial charge in [0.25, 0.3) is 0 Å². The number of aromatic nitrogens is 2. The van der Waals surface area contributed by atoms with E-state index in [1.807, 2.05) is 11.8 Å². The Kier molecular flexibility index (Phi) is 3.87. The fourth-order valence-electron chi connectivity index (χ4n) is 0.792. The monoisotopic (exact) mass is 183 g/mol. The highest BCUT2D eigenvalue weighted by atomic mass is 32.2. The lowest BCUT2D eigenvalue weighted by Gasteiger charge is -1.98. The van der Waals surface area contributed by atoms with E-state index < -0.39 is 0 Å². The Morgan fingerprint density at radius 3 is 3.08 bits per heavy atom. The molecule has 0 aliphatic rings. The maximum atomic E-state index is 5.50. The number of thioether (sulfide) groups is 1. The van der Waals surface area contributed by atoms with Crippen LogP contribution in [-0.2, 0) is 5.75 Å². The van der Waals surface area contributed by atoms with Gasteiger partial charge in [0.2, 0.25) is 0 Å². The van der Waals surface area contributed by atoms with Crippen LogP contribution in [0.1, 0.15) is 19.2 Å². The van der Waals surface area contributed by atoms with Crippen molar-refractivity contribution in [1.29, 1.82) is 0 Å². The molecule has 66 valence electrons. The van der Waals surface area contributed by atoms with E-state index in [-0.39, 0.29) is 0 Å². The molecule has 1 rings (SSSR count). The van der Waals surface area contributed by atoms with Crippen molar-refractivity contribution in [3.05, 3.63) is 18.1 Å². The van der Waals surface area contributed by atoms with Crippen LogP contribution in [0.5, 0.6) is 0 Å². The van der Waals surface area contributed by atoms with Gasteiger partial charge in [-0.3, -0.25) is 0 Å². The lowest BCUT2D eigenvalue weighted by molar-refractivity contribution is 1.03. The molecule has 0 aromatic carbocycles. The number of rotatable bonds is 4. The quantitative estimate of drug-likeness (QED) is 0.722. The Balaban J connectivity index is 2.41. The second-order valence-corrected chi connectivity index (χ2v) is 3.56. The smallest absolute Gasteiger partial charge is 0.140 e. The summed E-state index contributed by atoms with van der Waals surface area (Å²) in [5, 5.41) is 0. The lowest BCUT2D eigenvalue weighted by Crippen LogP contribution is -1.97. The van der Waals surface area contributed by atoms with Gasteiger partial charge in [-0.15, -0.1) is 0 Å². The summed E-state index contributed by atoms with van der Waals surface area (Å²) in [6.07, 6.45) is 2.89. The van der Waals surface area contributed by atoms with Gasteiger partial charge in [-0.1, -0.05) is 6.92 Å². The van der Waals surface area contributed by atoms with Crippen LogP contribution in [0.4, 0.5) is 5.82 Å². The molecular formula is C8H13N3S. The first-order valence-electron chi connectivity index (χ1n) is 3.98. The van der Waals surface area contributed by atoms with Crippen LogP contribution in [0.3, 0.4) is 0 Å². The Hall–Kier alpha value is -0.770. The number of hydrogen-bond acceptors (Lipinski definition) is 4. The van der Waals surface area contributed by atoms with Crippen LogP contribution in [0.15, 0.2) is 12.3 Å². The lowest BCUT2D eigenvalue weighted by atomic mass is 10.5. The van der Waals surface area contributed by atoms with E-state index in [0.29, 0.717) is 5.82 Å². The molecule has 3 nitrogen and oxygen atoms in total. The number of nitrogen functional groups attached to an aromatic ring is 1. The molecule has 1 aromatic heterocycles. The van der Waals surface area contributed by atoms with Gasteiger partial charge in [0, 0.05) is 6.20 Å². The third-order valence-electron chi connectivity index (χ3n) is 1.31. The minimum atomic E-state index is 0.553. The summed E-state index contributed by atoms with van der Waals surface area (Å²) < 4.78 is 0. The van der Waals surface area contributed by atoms with Crippen molar-refractivity contribution < 1.29 is 0 Å². The molecule has 2 N–H and O–H groups in total. The van der Waals surface area contributed by atoms with Crippen LogP contribution in [0, 0.1) is 0 Å². The average molecular weight is 183 g/mol. The zero-order chi connectivity index (χ0) is 8.81. The Labute approximate surface area is 76.8 Å². The highest BCUT2D eigenvalue weighted by molar-refractivity contribution is 7.98. The maximum Gasteiger partial charge on any atom is 0.140 e. The number of hydrogen-bond donors (Lipinski definition) is 1. The predicted octanol–water partition coefficient (Wildman–Crippen LogP) is 1.70. The molecule has 0 bridgehead atoms. The van der Waals surface area contributed by atoms with Gasteiger partial charge < -0.3 is 5.73 Å². The van der Waals surface area contributed by atoms with Crippen molar-refractivity contribution in [3.8, 4) is 0 Å². The first kappa shape index (κ1) is 9.32. The molecule has 0 atom stereocenters. The molecule has 12 heavy (non-hydrogen) atoms. The normalized spacial score (nSPS) is 10.1. The largest absolute Gasteiger partial charge is 0.384 e. The predicted molar refractivity (Wildman–Crippen MR) is 52.9 cm³/mol. The molecule has 0 fully saturated rings. The minimum absolute atomic E-state index is 0.553. The zero-order valence-corrected chi connectivity index (χ0v) is 7.97. The number of anilines is 1. The van der Waals surface area contributed by atoms with E-state index in [0.717, 1.165) is 17.3 Å². The second-order valence-electron chi connectivity index (χ2n) is 2.45. The summed E-state index contributed by atoms with van der Waals surface area (Å²) in [5.74, 6) is 3.39. The molecular weight excluding hydrogens is 170 g/mol. The van der Waals surface area contributed by atoms with Crippen LogP contribution in [-0.4, -0.2) is 15.7 Å². The van der Waals surface area contributed by atoms with E-state index in [1.165, 1.54) is 6.42 Å². The van der Waals surface area contributed by atoms with E-state index in [9.17, 15) is 0 Å².